The third-order valence-electron chi connectivity index (χ3n) is 13.0. The van der Waals surface area contributed by atoms with Crippen LogP contribution in [-0.4, -0.2) is 49.3 Å². The molecule has 0 aliphatic heterocycles. The van der Waals surface area contributed by atoms with Gasteiger partial charge < -0.3 is 20.1 Å². The number of carbonyl (C=O) groups is 2. The normalized spacial score (nSPS) is 13.7. The summed E-state index contributed by atoms with van der Waals surface area (Å²) >= 11 is 0. The quantitative estimate of drug-likeness (QED) is 0.0264. The van der Waals surface area contributed by atoms with Crippen LogP contribution < -0.4 is 5.73 Å². The highest BCUT2D eigenvalue weighted by Crippen LogP contribution is 2.43. The molecule has 0 heterocycles. The fraction of sp³-hybridized carbons (Fsp3) is 0.723. The topological polar surface area (TPSA) is 134 Å². The molecule has 0 fully saturated rings. The first-order valence-corrected chi connectivity index (χ1v) is 32.2. The number of phosphoric acid groups is 1. The van der Waals surface area contributed by atoms with Crippen molar-refractivity contribution < 1.29 is 37.6 Å². The number of ether oxygens (including phenoxy) is 2. The van der Waals surface area contributed by atoms with E-state index in [2.05, 4.69) is 111 Å². The highest BCUT2D eigenvalue weighted by molar-refractivity contribution is 7.47. The zero-order chi connectivity index (χ0) is 54.5. The van der Waals surface area contributed by atoms with E-state index in [0.29, 0.717) is 6.42 Å². The van der Waals surface area contributed by atoms with E-state index < -0.39 is 26.5 Å². The van der Waals surface area contributed by atoms with Crippen LogP contribution in [0.1, 0.15) is 271 Å². The van der Waals surface area contributed by atoms with Gasteiger partial charge in [0.25, 0.3) is 0 Å². The molecule has 432 valence electrons. The van der Waals surface area contributed by atoms with E-state index in [1.54, 1.807) is 0 Å². The maximum Gasteiger partial charge on any atom is 0.472 e. The Labute approximate surface area is 461 Å². The largest absolute Gasteiger partial charge is 0.472 e. The molecule has 75 heavy (non-hydrogen) atoms. The van der Waals surface area contributed by atoms with Crippen LogP contribution >= 0.6 is 7.82 Å². The number of hydrogen-bond acceptors (Lipinski definition) is 8. The maximum absolute atomic E-state index is 12.7. The second-order valence-corrected chi connectivity index (χ2v) is 21.6. The average Bonchev–Trinajstić information content (AvgIpc) is 3.40. The Hall–Kier alpha value is -3.07. The molecule has 0 rings (SSSR count). The second-order valence-electron chi connectivity index (χ2n) is 20.2. The molecule has 9 nitrogen and oxygen atoms in total. The molecule has 0 amide bonds. The van der Waals surface area contributed by atoms with Crippen molar-refractivity contribution in [1.82, 2.24) is 0 Å². The van der Waals surface area contributed by atoms with Gasteiger partial charge in [0.2, 0.25) is 0 Å². The molecule has 0 bridgehead atoms. The minimum Gasteiger partial charge on any atom is -0.462 e. The monoisotopic (exact) mass is 1070 g/mol. The minimum absolute atomic E-state index is 0.0484. The van der Waals surface area contributed by atoms with Crippen LogP contribution in [0.2, 0.25) is 0 Å². The molecule has 0 saturated heterocycles. The van der Waals surface area contributed by atoms with Crippen molar-refractivity contribution in [3.8, 4) is 0 Å². The number of phosphoric ester groups is 1. The molecule has 2 atom stereocenters. The highest BCUT2D eigenvalue weighted by atomic mass is 31.2. The highest BCUT2D eigenvalue weighted by Gasteiger charge is 2.26. The fourth-order valence-corrected chi connectivity index (χ4v) is 9.20. The molecule has 0 aromatic rings. The lowest BCUT2D eigenvalue weighted by Gasteiger charge is -2.19. The summed E-state index contributed by atoms with van der Waals surface area (Å²) in [6, 6.07) is 0. The van der Waals surface area contributed by atoms with Crippen molar-refractivity contribution in [1.29, 1.82) is 0 Å². The van der Waals surface area contributed by atoms with E-state index in [1.807, 2.05) is 0 Å². The van der Waals surface area contributed by atoms with Crippen molar-refractivity contribution >= 4 is 19.8 Å². The van der Waals surface area contributed by atoms with Crippen molar-refractivity contribution in [2.75, 3.05) is 26.4 Å². The summed E-state index contributed by atoms with van der Waals surface area (Å²) in [5, 5.41) is 0. The molecule has 0 spiro atoms. The first-order valence-electron chi connectivity index (χ1n) is 30.7. The smallest absolute Gasteiger partial charge is 0.462 e. The van der Waals surface area contributed by atoms with Gasteiger partial charge in [-0.1, -0.05) is 259 Å². The molecular weight excluding hydrogens is 954 g/mol. The second kappa shape index (κ2) is 60.2. The van der Waals surface area contributed by atoms with Crippen molar-refractivity contribution in [2.45, 2.75) is 277 Å². The van der Waals surface area contributed by atoms with E-state index >= 15 is 0 Å². The van der Waals surface area contributed by atoms with E-state index in [4.69, 9.17) is 24.3 Å². The number of rotatable bonds is 57. The molecule has 2 unspecified atom stereocenters. The third-order valence-corrected chi connectivity index (χ3v) is 13.9. The van der Waals surface area contributed by atoms with Gasteiger partial charge in [0, 0.05) is 19.4 Å². The van der Waals surface area contributed by atoms with E-state index in [-0.39, 0.29) is 38.6 Å². The summed E-state index contributed by atoms with van der Waals surface area (Å²) in [6.45, 7) is 3.63. The summed E-state index contributed by atoms with van der Waals surface area (Å²) in [5.41, 5.74) is 5.39. The molecule has 0 saturated carbocycles. The van der Waals surface area contributed by atoms with E-state index in [1.165, 1.54) is 148 Å². The van der Waals surface area contributed by atoms with Gasteiger partial charge in [-0.3, -0.25) is 18.6 Å². The lowest BCUT2D eigenvalue weighted by Crippen LogP contribution is -2.29. The van der Waals surface area contributed by atoms with Crippen LogP contribution in [0.4, 0.5) is 0 Å². The Kier molecular flexibility index (Phi) is 57.7. The van der Waals surface area contributed by atoms with Crippen LogP contribution in [0.3, 0.4) is 0 Å². The van der Waals surface area contributed by atoms with Crippen molar-refractivity contribution in [2.24, 2.45) is 5.73 Å². The van der Waals surface area contributed by atoms with Crippen LogP contribution in [0, 0.1) is 0 Å². The fourth-order valence-electron chi connectivity index (χ4n) is 8.44. The van der Waals surface area contributed by atoms with E-state index in [0.717, 1.165) is 89.9 Å². The Balaban J connectivity index is 3.97. The van der Waals surface area contributed by atoms with Gasteiger partial charge in [-0.25, -0.2) is 4.57 Å². The Morgan fingerprint density at radius 2 is 0.733 bits per heavy atom. The third kappa shape index (κ3) is 60.0. The zero-order valence-corrected chi connectivity index (χ0v) is 49.2. The van der Waals surface area contributed by atoms with Gasteiger partial charge >= 0.3 is 19.8 Å². The van der Waals surface area contributed by atoms with Crippen molar-refractivity contribution in [3.05, 3.63) is 97.2 Å². The Morgan fingerprint density at radius 1 is 0.413 bits per heavy atom. The lowest BCUT2D eigenvalue weighted by molar-refractivity contribution is -0.161. The summed E-state index contributed by atoms with van der Waals surface area (Å²) < 4.78 is 33.1. The molecular formula is C65H114NO8P. The van der Waals surface area contributed by atoms with Crippen molar-refractivity contribution in [3.63, 3.8) is 0 Å². The van der Waals surface area contributed by atoms with Crippen LogP contribution in [-0.2, 0) is 32.7 Å². The minimum atomic E-state index is -4.40. The lowest BCUT2D eigenvalue weighted by atomic mass is 10.0. The maximum atomic E-state index is 12.7. The van der Waals surface area contributed by atoms with Gasteiger partial charge in [0.1, 0.15) is 6.61 Å². The molecule has 0 aliphatic rings. The summed E-state index contributed by atoms with van der Waals surface area (Å²) in [7, 11) is -4.40. The first kappa shape index (κ1) is 71.9. The summed E-state index contributed by atoms with van der Waals surface area (Å²) in [5.74, 6) is -0.834. The number of hydrogen-bond donors (Lipinski definition) is 2. The standard InChI is InChI=1S/C65H114NO8P/c1-3-5-7-9-11-13-15-17-19-21-23-25-27-29-30-31-32-34-35-37-39-41-43-45-47-49-51-53-55-57-64(67)71-61-63(62-73-75(69,70)72-60-59-66)74-65(68)58-56-54-52-50-48-46-44-42-40-38-36-33-28-26-24-22-20-18-16-14-12-10-8-6-4-2/h6,8,12,14-15,17-18,20-21,23-24,26-27,29,33,36,63H,3-5,7,9-11,13,16,19,22,25,28,30-32,34-35,37-62,66H2,1-2H3,(H,69,70)/b8-6-,14-12-,17-15-,20-18-,23-21-,26-24-,29-27-,36-33-. The predicted molar refractivity (Wildman–Crippen MR) is 321 cm³/mol. The van der Waals surface area contributed by atoms with Gasteiger partial charge in [-0.05, 0) is 96.3 Å². The molecule has 0 aromatic heterocycles. The number of carbonyl (C=O) groups excluding carboxylic acids is 2. The van der Waals surface area contributed by atoms with Gasteiger partial charge in [-0.2, -0.15) is 0 Å². The van der Waals surface area contributed by atoms with Crippen LogP contribution in [0.25, 0.3) is 0 Å². The average molecular weight is 1070 g/mol. The molecule has 0 aromatic carbocycles. The van der Waals surface area contributed by atoms with Crippen LogP contribution in [0.15, 0.2) is 97.2 Å². The molecule has 10 heteroatoms. The number of allylic oxidation sites excluding steroid dienone is 16. The SMILES string of the molecule is CC/C=C\C/C=C\C/C=C\C/C=C\C/C=C\CCCCCCCCCCCC(=O)OC(COC(=O)CCCCCCCCCCCCCCCC/C=C\C/C=C\C/C=C\CCCCCCC)COP(=O)(O)OCCN. The zero-order valence-electron chi connectivity index (χ0n) is 48.3. The Morgan fingerprint density at radius 3 is 1.09 bits per heavy atom. The number of nitrogens with two attached hydrogens (primary N) is 1. The Bertz CT molecular complexity index is 1550. The first-order chi connectivity index (χ1) is 36.8. The van der Waals surface area contributed by atoms with Crippen LogP contribution in [0.5, 0.6) is 0 Å². The van der Waals surface area contributed by atoms with Gasteiger partial charge in [0.15, 0.2) is 6.10 Å². The number of esters is 2. The summed E-state index contributed by atoms with van der Waals surface area (Å²) in [4.78, 5) is 35.3. The van der Waals surface area contributed by atoms with E-state index in [9.17, 15) is 19.0 Å². The summed E-state index contributed by atoms with van der Waals surface area (Å²) in [6.07, 6.45) is 80.3. The number of unbranched alkanes of at least 4 members (excludes halogenated alkanes) is 28. The predicted octanol–water partition coefficient (Wildman–Crippen LogP) is 19.6. The molecule has 0 radical (unpaired) electrons. The van der Waals surface area contributed by atoms with Gasteiger partial charge in [0.05, 0.1) is 13.2 Å². The molecule has 0 aliphatic carbocycles. The van der Waals surface area contributed by atoms with Gasteiger partial charge in [-0.15, -0.1) is 0 Å². The molecule has 3 N–H and O–H groups in total.